The van der Waals surface area contributed by atoms with Gasteiger partial charge in [0.1, 0.15) is 0 Å². The smallest absolute Gasteiger partial charge is 0.428 e. The van der Waals surface area contributed by atoms with Gasteiger partial charge in [-0.05, 0) is 24.3 Å². The van der Waals surface area contributed by atoms with Gasteiger partial charge in [0.05, 0.1) is 0 Å². The second kappa shape index (κ2) is 12.0. The summed E-state index contributed by atoms with van der Waals surface area (Å²) in [6.45, 7) is 1.27. The normalized spacial score (nSPS) is 11.6. The molecule has 200 valence electrons. The van der Waals surface area contributed by atoms with E-state index in [4.69, 9.17) is 11.6 Å². The van der Waals surface area contributed by atoms with E-state index in [1.807, 2.05) is 0 Å². The highest BCUT2D eigenvalue weighted by Crippen LogP contribution is 2.53. The third-order valence-electron chi connectivity index (χ3n) is 4.87. The fourth-order valence-electron chi connectivity index (χ4n) is 3.03. The van der Waals surface area contributed by atoms with E-state index in [1.54, 1.807) is 30.3 Å². The molecule has 0 aliphatic rings. The van der Waals surface area contributed by atoms with Crippen molar-refractivity contribution in [3.05, 3.63) is 107 Å². The Morgan fingerprint density at radius 1 is 0.632 bits per heavy atom. The van der Waals surface area contributed by atoms with Crippen LogP contribution in [0.3, 0.4) is 0 Å². The number of carbonyl (C=O) groups excluding carboxylic acids is 4. The Morgan fingerprint density at radius 2 is 1.05 bits per heavy atom. The Bertz CT molecular complexity index is 1270. The molecular weight excluding hydrogens is 542 g/mol. The van der Waals surface area contributed by atoms with Crippen molar-refractivity contribution in [1.29, 1.82) is 0 Å². The number of esters is 1. The molecule has 0 radical (unpaired) electrons. The fraction of sp³-hybridized carbons (Fsp3) is 0.154. The van der Waals surface area contributed by atoms with Gasteiger partial charge in [0.2, 0.25) is 5.78 Å². The summed E-state index contributed by atoms with van der Waals surface area (Å²) in [5.41, 5.74) is -6.40. The number of ketones is 3. The van der Waals surface area contributed by atoms with E-state index < -0.39 is 52.4 Å². The molecule has 0 aromatic heterocycles. The molecule has 3 rings (SSSR count). The average Bonchev–Trinajstić information content (AvgIpc) is 2.86. The van der Waals surface area contributed by atoms with Crippen LogP contribution in [0, 0.1) is 0 Å². The molecule has 3 aromatic carbocycles. The zero-order valence-electron chi connectivity index (χ0n) is 19.3. The minimum atomic E-state index is -6.08. The standard InChI is InChI=1S/C17H9ClF6O3.C9H8O2/c18-12-8-6-10(7-9-12)13(25)14(26)27-15(16(19,20)21,17(22,23)24)11-4-2-1-3-5-11;1-7(10)9(11)8-5-3-2-4-6-8/h1-9H;2-6H,1H3. The minimum absolute atomic E-state index is 0.143. The van der Waals surface area contributed by atoms with Gasteiger partial charge in [0, 0.05) is 28.6 Å². The van der Waals surface area contributed by atoms with Gasteiger partial charge >= 0.3 is 23.9 Å². The van der Waals surface area contributed by atoms with Gasteiger partial charge in [-0.15, -0.1) is 0 Å². The first-order valence-corrected chi connectivity index (χ1v) is 10.8. The molecule has 0 amide bonds. The van der Waals surface area contributed by atoms with Gasteiger partial charge in [0.25, 0.3) is 5.78 Å². The molecule has 38 heavy (non-hydrogen) atoms. The van der Waals surface area contributed by atoms with Crippen molar-refractivity contribution in [2.24, 2.45) is 0 Å². The van der Waals surface area contributed by atoms with E-state index in [2.05, 4.69) is 4.74 Å². The van der Waals surface area contributed by atoms with E-state index in [0.29, 0.717) is 17.7 Å². The lowest BCUT2D eigenvalue weighted by Crippen LogP contribution is -2.57. The Morgan fingerprint density at radius 3 is 1.47 bits per heavy atom. The van der Waals surface area contributed by atoms with Crippen LogP contribution in [0.2, 0.25) is 5.02 Å². The maximum absolute atomic E-state index is 13.5. The molecule has 0 aliphatic heterocycles. The largest absolute Gasteiger partial charge is 0.442 e. The Kier molecular flexibility index (Phi) is 9.58. The van der Waals surface area contributed by atoms with Gasteiger partial charge in [-0.2, -0.15) is 26.3 Å². The van der Waals surface area contributed by atoms with Crippen molar-refractivity contribution in [2.45, 2.75) is 24.9 Å². The number of ether oxygens (including phenoxy) is 1. The molecule has 0 aliphatic carbocycles. The van der Waals surface area contributed by atoms with E-state index in [9.17, 15) is 45.5 Å². The van der Waals surface area contributed by atoms with Crippen molar-refractivity contribution in [1.82, 2.24) is 0 Å². The molecule has 0 saturated heterocycles. The highest BCUT2D eigenvalue weighted by Gasteiger charge is 2.75. The van der Waals surface area contributed by atoms with Crippen LogP contribution in [-0.4, -0.2) is 35.7 Å². The Labute approximate surface area is 217 Å². The van der Waals surface area contributed by atoms with Crippen LogP contribution >= 0.6 is 11.6 Å². The van der Waals surface area contributed by atoms with Gasteiger partial charge in [-0.3, -0.25) is 14.4 Å². The van der Waals surface area contributed by atoms with E-state index in [1.165, 1.54) is 13.0 Å². The summed E-state index contributed by atoms with van der Waals surface area (Å²) < 4.78 is 84.9. The number of hydrogen-bond acceptors (Lipinski definition) is 5. The lowest BCUT2D eigenvalue weighted by atomic mass is 9.91. The molecule has 12 heteroatoms. The van der Waals surface area contributed by atoms with Gasteiger partial charge in [0.15, 0.2) is 5.78 Å². The number of carbonyl (C=O) groups is 4. The summed E-state index contributed by atoms with van der Waals surface area (Å²) in [4.78, 5) is 45.5. The molecule has 0 atom stereocenters. The first-order valence-electron chi connectivity index (χ1n) is 10.4. The van der Waals surface area contributed by atoms with Crippen LogP contribution in [-0.2, 0) is 19.9 Å². The van der Waals surface area contributed by atoms with Crippen molar-refractivity contribution in [3.8, 4) is 0 Å². The summed E-state index contributed by atoms with van der Waals surface area (Å²) in [6.07, 6.45) is -12.2. The molecule has 0 saturated carbocycles. The highest BCUT2D eigenvalue weighted by atomic mass is 35.5. The summed E-state index contributed by atoms with van der Waals surface area (Å²) in [6, 6.07) is 16.8. The van der Waals surface area contributed by atoms with E-state index >= 15 is 0 Å². The molecule has 0 N–H and O–H groups in total. The predicted molar refractivity (Wildman–Crippen MR) is 124 cm³/mol. The highest BCUT2D eigenvalue weighted by molar-refractivity contribution is 6.43. The third kappa shape index (κ3) is 6.86. The molecule has 0 unspecified atom stereocenters. The third-order valence-corrected chi connectivity index (χ3v) is 5.12. The minimum Gasteiger partial charge on any atom is -0.428 e. The molecular formula is C26H17ClF6O5. The number of rotatable bonds is 6. The molecule has 0 spiro atoms. The van der Waals surface area contributed by atoms with Gasteiger partial charge in [-0.1, -0.05) is 72.3 Å². The number of benzene rings is 3. The van der Waals surface area contributed by atoms with Gasteiger partial charge < -0.3 is 4.74 Å². The Balaban J connectivity index is 0.000000384. The maximum Gasteiger partial charge on any atom is 0.442 e. The maximum atomic E-state index is 13.5. The predicted octanol–water partition coefficient (Wildman–Crippen LogP) is 6.54. The lowest BCUT2D eigenvalue weighted by Gasteiger charge is -2.36. The van der Waals surface area contributed by atoms with Crippen LogP contribution in [0.4, 0.5) is 26.3 Å². The van der Waals surface area contributed by atoms with E-state index in [0.717, 1.165) is 36.4 Å². The second-order valence-corrected chi connectivity index (χ2v) is 7.96. The van der Waals surface area contributed by atoms with Crippen LogP contribution in [0.1, 0.15) is 33.2 Å². The number of halogens is 7. The fourth-order valence-corrected chi connectivity index (χ4v) is 3.16. The Hall–Kier alpha value is -3.99. The summed E-state index contributed by atoms with van der Waals surface area (Å²) in [5.74, 6) is -4.84. The molecule has 0 bridgehead atoms. The van der Waals surface area contributed by atoms with Crippen molar-refractivity contribution >= 4 is 34.9 Å². The van der Waals surface area contributed by atoms with E-state index in [-0.39, 0.29) is 5.02 Å². The zero-order chi connectivity index (χ0) is 28.7. The first kappa shape index (κ1) is 30.2. The van der Waals surface area contributed by atoms with Crippen LogP contribution in [0.5, 0.6) is 0 Å². The summed E-state index contributed by atoms with van der Waals surface area (Å²) in [7, 11) is 0. The number of alkyl halides is 6. The van der Waals surface area contributed by atoms with Crippen molar-refractivity contribution in [2.75, 3.05) is 0 Å². The topological polar surface area (TPSA) is 77.5 Å². The van der Waals surface area contributed by atoms with Crippen molar-refractivity contribution < 1.29 is 50.3 Å². The SMILES string of the molecule is CC(=O)C(=O)c1ccccc1.O=C(OC(c1ccccc1)(C(F)(F)F)C(F)(F)F)C(=O)c1ccc(Cl)cc1. The van der Waals surface area contributed by atoms with Crippen molar-refractivity contribution in [3.63, 3.8) is 0 Å². The molecule has 0 fully saturated rings. The monoisotopic (exact) mass is 558 g/mol. The molecule has 5 nitrogen and oxygen atoms in total. The van der Waals surface area contributed by atoms with Crippen LogP contribution in [0.15, 0.2) is 84.9 Å². The zero-order valence-corrected chi connectivity index (χ0v) is 20.0. The van der Waals surface area contributed by atoms with Crippen LogP contribution < -0.4 is 0 Å². The number of Topliss-reactive ketones (excluding diaryl/α,β-unsaturated/α-hetero) is 3. The summed E-state index contributed by atoms with van der Waals surface area (Å²) >= 11 is 5.58. The quantitative estimate of drug-likeness (QED) is 0.148. The molecule has 0 heterocycles. The summed E-state index contributed by atoms with van der Waals surface area (Å²) in [5, 5.41) is 0.143. The first-order chi connectivity index (χ1) is 17.6. The average molecular weight is 559 g/mol. The van der Waals surface area contributed by atoms with Gasteiger partial charge in [-0.25, -0.2) is 4.79 Å². The number of hydrogen-bond donors (Lipinski definition) is 0. The molecule has 3 aromatic rings. The lowest BCUT2D eigenvalue weighted by molar-refractivity contribution is -0.376. The second-order valence-electron chi connectivity index (χ2n) is 7.52. The van der Waals surface area contributed by atoms with Crippen LogP contribution in [0.25, 0.3) is 0 Å².